The molecule has 0 bridgehead atoms. The highest BCUT2D eigenvalue weighted by atomic mass is 32.2. The van der Waals surface area contributed by atoms with Crippen LogP contribution in [0.5, 0.6) is 17.2 Å². The van der Waals surface area contributed by atoms with Crippen LogP contribution in [0, 0.1) is 12.7 Å². The van der Waals surface area contributed by atoms with Gasteiger partial charge in [0.05, 0.1) is 11.5 Å². The van der Waals surface area contributed by atoms with Crippen molar-refractivity contribution in [3.63, 3.8) is 0 Å². The highest BCUT2D eigenvalue weighted by molar-refractivity contribution is 7.91. The van der Waals surface area contributed by atoms with E-state index in [1.165, 1.54) is 25.3 Å². The van der Waals surface area contributed by atoms with E-state index in [-0.39, 0.29) is 28.7 Å². The third kappa shape index (κ3) is 5.63. The Morgan fingerprint density at radius 1 is 1.03 bits per heavy atom. The molecule has 0 spiro atoms. The predicted molar refractivity (Wildman–Crippen MR) is 137 cm³/mol. The molecule has 0 unspecified atom stereocenters. The molecule has 0 atom stereocenters. The number of phenolic OH excluding ortho intramolecular Hbond substituents is 1. The van der Waals surface area contributed by atoms with Gasteiger partial charge in [-0.15, -0.1) is 0 Å². The summed E-state index contributed by atoms with van der Waals surface area (Å²) in [5.41, 5.74) is 2.86. The Hall–Kier alpha value is -3.96. The number of carbonyl (C=O) groups is 2. The van der Waals surface area contributed by atoms with Crippen molar-refractivity contribution in [1.82, 2.24) is 5.32 Å². The first-order chi connectivity index (χ1) is 18.1. The van der Waals surface area contributed by atoms with Crippen LogP contribution in [-0.2, 0) is 37.0 Å². The Morgan fingerprint density at radius 2 is 1.74 bits per heavy atom. The monoisotopic (exact) mass is 542 g/mol. The predicted octanol–water partition coefficient (Wildman–Crippen LogP) is 3.65. The number of hydrogen-bond acceptors (Lipinski definition) is 7. The minimum absolute atomic E-state index is 0.172. The van der Waals surface area contributed by atoms with Crippen molar-refractivity contribution in [2.24, 2.45) is 0 Å². The number of sulfone groups is 1. The molecule has 4 rings (SSSR count). The number of carbonyl (C=O) groups excluding carboxylic acids is 2. The van der Waals surface area contributed by atoms with Gasteiger partial charge in [0.2, 0.25) is 9.84 Å². The Labute approximate surface area is 219 Å². The van der Waals surface area contributed by atoms with Gasteiger partial charge in [-0.25, -0.2) is 12.8 Å². The van der Waals surface area contributed by atoms with E-state index in [1.807, 2.05) is 0 Å². The van der Waals surface area contributed by atoms with Crippen LogP contribution in [0.2, 0.25) is 0 Å². The lowest BCUT2D eigenvalue weighted by Gasteiger charge is -2.18. The smallest absolute Gasteiger partial charge is 0.313 e. The maximum Gasteiger partial charge on any atom is 0.313 e. The molecule has 0 heterocycles. The van der Waals surface area contributed by atoms with Gasteiger partial charge in [0.15, 0.2) is 0 Å². The average molecular weight is 543 g/mol. The number of hydrogen-bond donors (Lipinski definition) is 3. The van der Waals surface area contributed by atoms with Gasteiger partial charge in [-0.2, -0.15) is 0 Å². The van der Waals surface area contributed by atoms with E-state index >= 15 is 0 Å². The Kier molecular flexibility index (Phi) is 7.98. The zero-order valence-corrected chi connectivity index (χ0v) is 21.7. The summed E-state index contributed by atoms with van der Waals surface area (Å²) in [4.78, 5) is 23.9. The molecule has 38 heavy (non-hydrogen) atoms. The summed E-state index contributed by atoms with van der Waals surface area (Å²) in [7, 11) is -2.66. The summed E-state index contributed by atoms with van der Waals surface area (Å²) >= 11 is 0. The van der Waals surface area contributed by atoms with Crippen molar-refractivity contribution in [3.8, 4) is 17.2 Å². The topological polar surface area (TPSA) is 131 Å². The molecule has 0 saturated carbocycles. The minimum Gasteiger partial charge on any atom is -0.507 e. The van der Waals surface area contributed by atoms with Gasteiger partial charge in [-0.1, -0.05) is 0 Å². The van der Waals surface area contributed by atoms with Crippen LogP contribution in [0.1, 0.15) is 23.1 Å². The number of fused-ring (bicyclic) bond motifs is 1. The van der Waals surface area contributed by atoms with E-state index in [4.69, 9.17) is 9.47 Å². The lowest BCUT2D eigenvalue weighted by molar-refractivity contribution is -0.136. The summed E-state index contributed by atoms with van der Waals surface area (Å²) in [6.07, 6.45) is 2.12. The van der Waals surface area contributed by atoms with Crippen LogP contribution >= 0.6 is 0 Å². The summed E-state index contributed by atoms with van der Waals surface area (Å²) in [5, 5.41) is 15.5. The molecule has 1 aliphatic carbocycles. The van der Waals surface area contributed by atoms with E-state index in [0.29, 0.717) is 29.8 Å². The van der Waals surface area contributed by atoms with Crippen LogP contribution in [-0.4, -0.2) is 45.6 Å². The van der Waals surface area contributed by atoms with E-state index in [9.17, 15) is 27.5 Å². The highest BCUT2D eigenvalue weighted by Gasteiger charge is 2.26. The number of benzene rings is 3. The molecule has 0 aliphatic heterocycles. The van der Waals surface area contributed by atoms with Gasteiger partial charge in [0, 0.05) is 31.0 Å². The first kappa shape index (κ1) is 27.1. The number of phenols is 1. The van der Waals surface area contributed by atoms with Crippen LogP contribution in [0.4, 0.5) is 10.1 Å². The number of rotatable bonds is 8. The zero-order chi connectivity index (χ0) is 27.4. The number of anilines is 1. The third-order valence-electron chi connectivity index (χ3n) is 6.15. The SMILES string of the molecule is COCCNC(=O)C(=O)Nc1cc(C)c(Oc2ccc(O)c(S(=O)(=O)c3ccc(F)cc3)c2)c2c1CCC2. The Morgan fingerprint density at radius 3 is 2.45 bits per heavy atom. The van der Waals surface area contributed by atoms with Gasteiger partial charge in [0.1, 0.15) is 28.0 Å². The summed E-state index contributed by atoms with van der Waals surface area (Å²) in [6.45, 7) is 2.26. The number of aromatic hydroxyl groups is 1. The molecule has 0 aromatic heterocycles. The number of amides is 2. The molecule has 2 amide bonds. The standard InChI is InChI=1S/C27H27FN2O7S/c1-16-14-22(30-27(33)26(32)29-12-13-36-2)20-4-3-5-21(20)25(16)37-18-8-11-23(31)24(15-18)38(34,35)19-9-6-17(28)7-10-19/h6-11,14-15,31H,3-5,12-13H2,1-2H3,(H,29,32)(H,30,33). The average Bonchev–Trinajstić information content (AvgIpc) is 3.38. The fourth-order valence-electron chi connectivity index (χ4n) is 4.31. The zero-order valence-electron chi connectivity index (χ0n) is 20.8. The summed E-state index contributed by atoms with van der Waals surface area (Å²) in [6, 6.07) is 9.89. The van der Waals surface area contributed by atoms with Crippen LogP contribution in [0.15, 0.2) is 58.3 Å². The molecular formula is C27H27FN2O7S. The van der Waals surface area contributed by atoms with Gasteiger partial charge in [-0.3, -0.25) is 9.59 Å². The summed E-state index contributed by atoms with van der Waals surface area (Å²) < 4.78 is 50.5. The van der Waals surface area contributed by atoms with Crippen molar-refractivity contribution >= 4 is 27.3 Å². The maximum atomic E-state index is 13.3. The number of halogens is 1. The molecule has 200 valence electrons. The van der Waals surface area contributed by atoms with E-state index in [0.717, 1.165) is 41.8 Å². The summed E-state index contributed by atoms with van der Waals surface area (Å²) in [5.74, 6) is -1.93. The van der Waals surface area contributed by atoms with Gasteiger partial charge in [0.25, 0.3) is 0 Å². The first-order valence-electron chi connectivity index (χ1n) is 11.9. The molecule has 3 aromatic rings. The molecule has 1 aliphatic rings. The Bertz CT molecular complexity index is 1490. The fourth-order valence-corrected chi connectivity index (χ4v) is 5.67. The van der Waals surface area contributed by atoms with Gasteiger partial charge >= 0.3 is 11.8 Å². The lowest BCUT2D eigenvalue weighted by atomic mass is 10.0. The number of methoxy groups -OCH3 is 1. The maximum absolute atomic E-state index is 13.3. The molecular weight excluding hydrogens is 515 g/mol. The van der Waals surface area contributed by atoms with Crippen LogP contribution in [0.25, 0.3) is 0 Å². The second kappa shape index (κ2) is 11.2. The van der Waals surface area contributed by atoms with Crippen molar-refractivity contribution in [3.05, 3.63) is 71.0 Å². The molecule has 0 fully saturated rings. The van der Waals surface area contributed by atoms with Crippen LogP contribution in [0.3, 0.4) is 0 Å². The van der Waals surface area contributed by atoms with Crippen molar-refractivity contribution in [2.75, 3.05) is 25.6 Å². The number of nitrogens with one attached hydrogen (secondary N) is 2. The van der Waals surface area contributed by atoms with Gasteiger partial charge < -0.3 is 25.2 Å². The Balaban J connectivity index is 1.62. The second-order valence-corrected chi connectivity index (χ2v) is 10.7. The van der Waals surface area contributed by atoms with E-state index in [2.05, 4.69) is 10.6 Å². The molecule has 3 N–H and O–H groups in total. The van der Waals surface area contributed by atoms with Crippen LogP contribution < -0.4 is 15.4 Å². The normalized spacial score (nSPS) is 12.6. The number of ether oxygens (including phenoxy) is 2. The van der Waals surface area contributed by atoms with Crippen molar-refractivity contribution in [1.29, 1.82) is 0 Å². The van der Waals surface area contributed by atoms with E-state index in [1.54, 1.807) is 13.0 Å². The molecule has 11 heteroatoms. The quantitative estimate of drug-likeness (QED) is 0.225. The largest absolute Gasteiger partial charge is 0.507 e. The van der Waals surface area contributed by atoms with Crippen molar-refractivity contribution in [2.45, 2.75) is 36.0 Å². The third-order valence-corrected chi connectivity index (χ3v) is 7.95. The molecule has 3 aromatic carbocycles. The van der Waals surface area contributed by atoms with Crippen molar-refractivity contribution < 1.29 is 37.0 Å². The first-order valence-corrected chi connectivity index (χ1v) is 13.3. The molecule has 0 saturated heterocycles. The molecule has 9 nitrogen and oxygen atoms in total. The lowest BCUT2D eigenvalue weighted by Crippen LogP contribution is -2.37. The minimum atomic E-state index is -4.15. The second-order valence-electron chi connectivity index (χ2n) is 8.77. The fraction of sp³-hybridized carbons (Fsp3) is 0.259. The van der Waals surface area contributed by atoms with E-state index < -0.39 is 33.2 Å². The highest BCUT2D eigenvalue weighted by Crippen LogP contribution is 2.42. The molecule has 0 radical (unpaired) electrons. The van der Waals surface area contributed by atoms with Gasteiger partial charge in [-0.05, 0) is 79.8 Å². The number of aryl methyl sites for hydroxylation is 1.